The fourth-order valence-corrected chi connectivity index (χ4v) is 4.12. The molecule has 1 heterocycles. The van der Waals surface area contributed by atoms with E-state index >= 15 is 0 Å². The number of nitrogens with zero attached hydrogens (tertiary/aromatic N) is 3. The number of hydrogen-bond acceptors (Lipinski definition) is 5. The van der Waals surface area contributed by atoms with E-state index in [-0.39, 0.29) is 11.2 Å². The number of thioether (sulfide) groups is 1. The molecule has 1 amide bonds. The van der Waals surface area contributed by atoms with Crippen molar-refractivity contribution in [3.63, 3.8) is 0 Å². The largest absolute Gasteiger partial charge is 0.495 e. The van der Waals surface area contributed by atoms with Crippen molar-refractivity contribution >= 4 is 35.0 Å². The molecule has 2 aliphatic carbocycles. The Hall–Kier alpha value is -1.73. The van der Waals surface area contributed by atoms with Crippen molar-refractivity contribution in [1.29, 1.82) is 0 Å². The van der Waals surface area contributed by atoms with E-state index in [4.69, 9.17) is 16.3 Å². The summed E-state index contributed by atoms with van der Waals surface area (Å²) < 4.78 is 7.61. The second-order valence-corrected chi connectivity index (χ2v) is 8.98. The fraction of sp³-hybridized carbons (Fsp3) is 0.526. The summed E-state index contributed by atoms with van der Waals surface area (Å²) in [5.41, 5.74) is 1.51. The molecule has 2 aromatic rings. The second kappa shape index (κ2) is 7.36. The predicted molar refractivity (Wildman–Crippen MR) is 107 cm³/mol. The van der Waals surface area contributed by atoms with Crippen LogP contribution in [-0.2, 0) is 4.79 Å². The molecule has 0 unspecified atom stereocenters. The van der Waals surface area contributed by atoms with Crippen molar-refractivity contribution < 1.29 is 9.53 Å². The molecule has 1 atom stereocenters. The van der Waals surface area contributed by atoms with E-state index in [0.29, 0.717) is 28.4 Å². The molecule has 6 nitrogen and oxygen atoms in total. The number of hydrogen-bond donors (Lipinski definition) is 1. The summed E-state index contributed by atoms with van der Waals surface area (Å²) >= 11 is 7.61. The zero-order chi connectivity index (χ0) is 19.1. The maximum absolute atomic E-state index is 12.8. The number of aryl methyl sites for hydroxylation is 1. The Bertz CT molecular complexity index is 877. The van der Waals surface area contributed by atoms with E-state index in [1.807, 2.05) is 19.9 Å². The van der Waals surface area contributed by atoms with Gasteiger partial charge in [0.25, 0.3) is 0 Å². The third kappa shape index (κ3) is 3.94. The van der Waals surface area contributed by atoms with Crippen molar-refractivity contribution in [2.45, 2.75) is 61.9 Å². The third-order valence-corrected chi connectivity index (χ3v) is 6.40. The molecule has 0 bridgehead atoms. The number of methoxy groups -OCH3 is 1. The topological polar surface area (TPSA) is 69.0 Å². The third-order valence-electron chi connectivity index (χ3n) is 4.94. The Balaban J connectivity index is 1.48. The van der Waals surface area contributed by atoms with Gasteiger partial charge < -0.3 is 14.6 Å². The van der Waals surface area contributed by atoms with Crippen LogP contribution in [0.3, 0.4) is 0 Å². The van der Waals surface area contributed by atoms with E-state index in [0.717, 1.165) is 16.5 Å². The number of carbonyl (C=O) groups is 1. The molecule has 1 aromatic heterocycles. The molecule has 0 saturated heterocycles. The van der Waals surface area contributed by atoms with Gasteiger partial charge in [-0.1, -0.05) is 23.4 Å². The highest BCUT2D eigenvalue weighted by atomic mass is 35.5. The van der Waals surface area contributed by atoms with E-state index in [2.05, 4.69) is 20.1 Å². The minimum atomic E-state index is -0.306. The Labute approximate surface area is 168 Å². The van der Waals surface area contributed by atoms with Gasteiger partial charge in [0.15, 0.2) is 5.16 Å². The zero-order valence-electron chi connectivity index (χ0n) is 15.7. The molecule has 2 aliphatic rings. The Morgan fingerprint density at radius 2 is 2.07 bits per heavy atom. The molecule has 4 rings (SSSR count). The van der Waals surface area contributed by atoms with Gasteiger partial charge in [-0.2, -0.15) is 0 Å². The van der Waals surface area contributed by atoms with Crippen LogP contribution in [-0.4, -0.2) is 33.0 Å². The Morgan fingerprint density at radius 3 is 2.70 bits per heavy atom. The first-order chi connectivity index (χ1) is 13.0. The van der Waals surface area contributed by atoms with Crippen LogP contribution in [0.25, 0.3) is 0 Å². The molecule has 0 aliphatic heterocycles. The van der Waals surface area contributed by atoms with Crippen LogP contribution < -0.4 is 10.1 Å². The molecule has 0 radical (unpaired) electrons. The molecule has 1 N–H and O–H groups in total. The molecule has 8 heteroatoms. The molecular formula is C19H23ClN4O2S. The number of rotatable bonds is 7. The van der Waals surface area contributed by atoms with Gasteiger partial charge in [-0.25, -0.2) is 0 Å². The maximum atomic E-state index is 12.8. The predicted octanol–water partition coefficient (Wildman–Crippen LogP) is 4.58. The minimum Gasteiger partial charge on any atom is -0.495 e. The van der Waals surface area contributed by atoms with Crippen molar-refractivity contribution in [3.05, 3.63) is 28.5 Å². The summed E-state index contributed by atoms with van der Waals surface area (Å²) in [6.07, 6.45) is 4.74. The van der Waals surface area contributed by atoms with Crippen LogP contribution in [0.4, 0.5) is 5.69 Å². The average Bonchev–Trinajstić information content (AvgIpc) is 3.56. The molecule has 144 valence electrons. The minimum absolute atomic E-state index is 0.0988. The Kier molecular flexibility index (Phi) is 5.07. The highest BCUT2D eigenvalue weighted by Gasteiger charge is 2.37. The quantitative estimate of drug-likeness (QED) is 0.681. The smallest absolute Gasteiger partial charge is 0.237 e. The van der Waals surface area contributed by atoms with Gasteiger partial charge in [-0.15, -0.1) is 10.2 Å². The number of aromatic nitrogens is 3. The lowest BCUT2D eigenvalue weighted by Crippen LogP contribution is -2.23. The standard InChI is InChI=1S/C19H23ClN4O2S/c1-10-8-15(16(26-3)9-14(10)20)21-18(25)11(2)27-19-23-22-17(12-4-5-12)24(19)13-6-7-13/h8-9,11-13H,4-7H2,1-3H3,(H,21,25)/t11-/m0/s1. The van der Waals surface area contributed by atoms with E-state index in [1.54, 1.807) is 13.2 Å². The number of benzene rings is 1. The van der Waals surface area contributed by atoms with Gasteiger partial charge in [0, 0.05) is 23.0 Å². The number of carbonyl (C=O) groups excluding carboxylic acids is 1. The number of amides is 1. The van der Waals surface area contributed by atoms with Gasteiger partial charge in [-0.05, 0) is 51.2 Å². The summed E-state index contributed by atoms with van der Waals surface area (Å²) in [6, 6.07) is 4.05. The first-order valence-corrected chi connectivity index (χ1v) is 10.5. The Morgan fingerprint density at radius 1 is 1.33 bits per heavy atom. The summed E-state index contributed by atoms with van der Waals surface area (Å²) in [7, 11) is 1.56. The van der Waals surface area contributed by atoms with Gasteiger partial charge >= 0.3 is 0 Å². The second-order valence-electron chi connectivity index (χ2n) is 7.27. The van der Waals surface area contributed by atoms with Crippen LogP contribution in [0, 0.1) is 6.92 Å². The van der Waals surface area contributed by atoms with Crippen LogP contribution in [0.15, 0.2) is 17.3 Å². The van der Waals surface area contributed by atoms with Crippen molar-refractivity contribution in [3.8, 4) is 5.75 Å². The van der Waals surface area contributed by atoms with Crippen LogP contribution >= 0.6 is 23.4 Å². The molecular weight excluding hydrogens is 384 g/mol. The van der Waals surface area contributed by atoms with E-state index < -0.39 is 0 Å². The number of halogens is 1. The maximum Gasteiger partial charge on any atom is 0.237 e. The summed E-state index contributed by atoms with van der Waals surface area (Å²) in [5.74, 6) is 2.10. The zero-order valence-corrected chi connectivity index (χ0v) is 17.2. The van der Waals surface area contributed by atoms with Gasteiger partial charge in [-0.3, -0.25) is 4.79 Å². The van der Waals surface area contributed by atoms with E-state index in [1.165, 1.54) is 37.4 Å². The number of anilines is 1. The molecule has 2 fully saturated rings. The lowest BCUT2D eigenvalue weighted by atomic mass is 10.2. The normalized spacial score (nSPS) is 17.6. The summed E-state index contributed by atoms with van der Waals surface area (Å²) in [6.45, 7) is 3.78. The monoisotopic (exact) mass is 406 g/mol. The average molecular weight is 407 g/mol. The number of nitrogens with one attached hydrogen (secondary N) is 1. The van der Waals surface area contributed by atoms with Gasteiger partial charge in [0.1, 0.15) is 11.6 Å². The first-order valence-electron chi connectivity index (χ1n) is 9.24. The molecule has 2 saturated carbocycles. The van der Waals surface area contributed by atoms with Crippen molar-refractivity contribution in [1.82, 2.24) is 14.8 Å². The summed E-state index contributed by atoms with van der Waals surface area (Å²) in [5, 5.41) is 12.9. The molecule has 1 aromatic carbocycles. The van der Waals surface area contributed by atoms with Crippen LogP contribution in [0.5, 0.6) is 5.75 Å². The van der Waals surface area contributed by atoms with E-state index in [9.17, 15) is 4.79 Å². The van der Waals surface area contributed by atoms with Crippen molar-refractivity contribution in [2.24, 2.45) is 0 Å². The van der Waals surface area contributed by atoms with Crippen LogP contribution in [0.1, 0.15) is 56.0 Å². The lowest BCUT2D eigenvalue weighted by Gasteiger charge is -2.16. The SMILES string of the molecule is COc1cc(Cl)c(C)cc1NC(=O)[C@H](C)Sc1nnc(C2CC2)n1C1CC1. The first kappa shape index (κ1) is 18.6. The molecule has 0 spiro atoms. The number of ether oxygens (including phenoxy) is 1. The highest BCUT2D eigenvalue weighted by Crippen LogP contribution is 2.46. The highest BCUT2D eigenvalue weighted by molar-refractivity contribution is 8.00. The van der Waals surface area contributed by atoms with Gasteiger partial charge in [0.05, 0.1) is 18.0 Å². The van der Waals surface area contributed by atoms with Crippen LogP contribution in [0.2, 0.25) is 5.02 Å². The lowest BCUT2D eigenvalue weighted by molar-refractivity contribution is -0.115. The van der Waals surface area contributed by atoms with Gasteiger partial charge in [0.2, 0.25) is 5.91 Å². The summed E-state index contributed by atoms with van der Waals surface area (Å²) in [4.78, 5) is 12.8. The van der Waals surface area contributed by atoms with Crippen molar-refractivity contribution in [2.75, 3.05) is 12.4 Å². The molecule has 27 heavy (non-hydrogen) atoms. The fourth-order valence-electron chi connectivity index (χ4n) is 3.04.